The van der Waals surface area contributed by atoms with E-state index in [9.17, 15) is 9.59 Å². The van der Waals surface area contributed by atoms with Crippen LogP contribution in [-0.2, 0) is 14.3 Å². The molecule has 1 aliphatic heterocycles. The summed E-state index contributed by atoms with van der Waals surface area (Å²) in [6.45, 7) is 3.82. The van der Waals surface area contributed by atoms with Gasteiger partial charge in [-0.3, -0.25) is 9.59 Å². The molecule has 2 atom stereocenters. The van der Waals surface area contributed by atoms with Gasteiger partial charge in [0.25, 0.3) is 0 Å². The zero-order valence-electron chi connectivity index (χ0n) is 7.50. The first-order chi connectivity index (χ1) is 5.66. The lowest BCUT2D eigenvalue weighted by molar-refractivity contribution is -0.153. The second kappa shape index (κ2) is 3.70. The van der Waals surface area contributed by atoms with Crippen LogP contribution in [0.15, 0.2) is 0 Å². The Kier molecular flexibility index (Phi) is 2.84. The Morgan fingerprint density at radius 2 is 2.00 bits per heavy atom. The number of cyclic esters (lactones) is 2. The number of rotatable bonds is 3. The fourth-order valence-electron chi connectivity index (χ4n) is 1.43. The van der Waals surface area contributed by atoms with E-state index in [1.807, 2.05) is 0 Å². The molecule has 3 heteroatoms. The summed E-state index contributed by atoms with van der Waals surface area (Å²) >= 11 is 0. The van der Waals surface area contributed by atoms with Crippen LogP contribution in [0.25, 0.3) is 0 Å². The van der Waals surface area contributed by atoms with E-state index in [0.29, 0.717) is 0 Å². The molecule has 1 aliphatic rings. The van der Waals surface area contributed by atoms with Gasteiger partial charge in [0, 0.05) is 0 Å². The van der Waals surface area contributed by atoms with Crippen LogP contribution in [-0.4, -0.2) is 11.9 Å². The second-order valence-electron chi connectivity index (χ2n) is 3.28. The second-order valence-corrected chi connectivity index (χ2v) is 3.28. The van der Waals surface area contributed by atoms with E-state index in [-0.39, 0.29) is 23.8 Å². The lowest BCUT2D eigenvalue weighted by atomic mass is 9.92. The minimum atomic E-state index is -0.360. The summed E-state index contributed by atoms with van der Waals surface area (Å²) in [5.41, 5.74) is 0. The van der Waals surface area contributed by atoms with Crippen molar-refractivity contribution in [2.75, 3.05) is 0 Å². The molecule has 1 saturated heterocycles. The molecule has 0 amide bonds. The van der Waals surface area contributed by atoms with E-state index < -0.39 is 0 Å². The molecule has 0 aromatic carbocycles. The Hall–Kier alpha value is -0.860. The van der Waals surface area contributed by atoms with Crippen molar-refractivity contribution in [2.45, 2.75) is 33.1 Å². The highest BCUT2D eigenvalue weighted by Crippen LogP contribution is 2.27. The molecule has 0 N–H and O–H groups in total. The highest BCUT2D eigenvalue weighted by atomic mass is 16.6. The van der Waals surface area contributed by atoms with Gasteiger partial charge < -0.3 is 4.74 Å². The van der Waals surface area contributed by atoms with Gasteiger partial charge in [0.1, 0.15) is 0 Å². The molecule has 0 aromatic rings. The SMILES string of the molecule is CCCCC1C(=O)OC(=O)C1C. The number of ether oxygens (including phenoxy) is 1. The molecule has 0 aliphatic carbocycles. The number of hydrogen-bond acceptors (Lipinski definition) is 3. The van der Waals surface area contributed by atoms with Crippen molar-refractivity contribution >= 4 is 11.9 Å². The minimum Gasteiger partial charge on any atom is -0.393 e. The molecule has 12 heavy (non-hydrogen) atoms. The molecular weight excluding hydrogens is 156 g/mol. The molecule has 0 bridgehead atoms. The fourth-order valence-corrected chi connectivity index (χ4v) is 1.43. The first-order valence-corrected chi connectivity index (χ1v) is 4.42. The zero-order chi connectivity index (χ0) is 9.14. The Labute approximate surface area is 72.1 Å². The van der Waals surface area contributed by atoms with Crippen molar-refractivity contribution in [3.63, 3.8) is 0 Å². The summed E-state index contributed by atoms with van der Waals surface area (Å²) in [4.78, 5) is 22.0. The standard InChI is InChI=1S/C9H14O3/c1-3-4-5-7-6(2)8(10)12-9(7)11/h6-7H,3-5H2,1-2H3. The molecule has 0 saturated carbocycles. The zero-order valence-corrected chi connectivity index (χ0v) is 7.50. The van der Waals surface area contributed by atoms with Gasteiger partial charge >= 0.3 is 11.9 Å². The molecule has 0 aromatic heterocycles. The van der Waals surface area contributed by atoms with E-state index in [0.717, 1.165) is 19.3 Å². The highest BCUT2D eigenvalue weighted by molar-refractivity contribution is 5.96. The summed E-state index contributed by atoms with van der Waals surface area (Å²) < 4.78 is 4.51. The molecule has 0 radical (unpaired) electrons. The van der Waals surface area contributed by atoms with Gasteiger partial charge in [-0.05, 0) is 6.42 Å². The van der Waals surface area contributed by atoms with Crippen LogP contribution in [0.3, 0.4) is 0 Å². The van der Waals surface area contributed by atoms with E-state index in [1.165, 1.54) is 0 Å². The topological polar surface area (TPSA) is 43.4 Å². The van der Waals surface area contributed by atoms with Crippen LogP contribution in [0.4, 0.5) is 0 Å². The van der Waals surface area contributed by atoms with Crippen LogP contribution in [0, 0.1) is 11.8 Å². The van der Waals surface area contributed by atoms with Crippen LogP contribution >= 0.6 is 0 Å². The summed E-state index contributed by atoms with van der Waals surface area (Å²) in [5, 5.41) is 0. The molecule has 0 spiro atoms. The summed E-state index contributed by atoms with van der Waals surface area (Å²) in [5.74, 6) is -1.11. The minimum absolute atomic E-state index is 0.183. The monoisotopic (exact) mass is 170 g/mol. The number of hydrogen-bond donors (Lipinski definition) is 0. The van der Waals surface area contributed by atoms with Crippen molar-refractivity contribution in [1.29, 1.82) is 0 Å². The maximum Gasteiger partial charge on any atom is 0.317 e. The molecule has 1 heterocycles. The highest BCUT2D eigenvalue weighted by Gasteiger charge is 2.40. The van der Waals surface area contributed by atoms with Crippen molar-refractivity contribution < 1.29 is 14.3 Å². The molecule has 2 unspecified atom stereocenters. The van der Waals surface area contributed by atoms with E-state index in [4.69, 9.17) is 0 Å². The van der Waals surface area contributed by atoms with Crippen LogP contribution in [0.1, 0.15) is 33.1 Å². The van der Waals surface area contributed by atoms with Gasteiger partial charge in [-0.2, -0.15) is 0 Å². The quantitative estimate of drug-likeness (QED) is 0.476. The third-order valence-electron chi connectivity index (χ3n) is 2.35. The van der Waals surface area contributed by atoms with E-state index in [2.05, 4.69) is 11.7 Å². The average molecular weight is 170 g/mol. The maximum atomic E-state index is 11.1. The van der Waals surface area contributed by atoms with Crippen molar-refractivity contribution in [2.24, 2.45) is 11.8 Å². The Morgan fingerprint density at radius 1 is 1.33 bits per heavy atom. The van der Waals surface area contributed by atoms with E-state index in [1.54, 1.807) is 6.92 Å². The Bertz CT molecular complexity index is 198. The summed E-state index contributed by atoms with van der Waals surface area (Å²) in [6, 6.07) is 0. The van der Waals surface area contributed by atoms with Gasteiger partial charge in [-0.25, -0.2) is 0 Å². The van der Waals surface area contributed by atoms with Crippen LogP contribution in [0.2, 0.25) is 0 Å². The van der Waals surface area contributed by atoms with Crippen molar-refractivity contribution in [3.05, 3.63) is 0 Å². The third kappa shape index (κ3) is 1.65. The van der Waals surface area contributed by atoms with Crippen LogP contribution in [0.5, 0.6) is 0 Å². The molecule has 1 rings (SSSR count). The number of esters is 2. The first-order valence-electron chi connectivity index (χ1n) is 4.42. The lowest BCUT2D eigenvalue weighted by Crippen LogP contribution is -2.14. The predicted molar refractivity (Wildman–Crippen MR) is 43.3 cm³/mol. The average Bonchev–Trinajstić information content (AvgIpc) is 2.25. The maximum absolute atomic E-state index is 11.1. The number of unbranched alkanes of at least 4 members (excludes halogenated alkanes) is 1. The van der Waals surface area contributed by atoms with E-state index >= 15 is 0 Å². The molecule has 3 nitrogen and oxygen atoms in total. The van der Waals surface area contributed by atoms with Crippen LogP contribution < -0.4 is 0 Å². The molecular formula is C9H14O3. The largest absolute Gasteiger partial charge is 0.393 e. The van der Waals surface area contributed by atoms with Crippen molar-refractivity contribution in [1.82, 2.24) is 0 Å². The number of carbonyl (C=O) groups is 2. The van der Waals surface area contributed by atoms with Gasteiger partial charge in [-0.1, -0.05) is 26.7 Å². The van der Waals surface area contributed by atoms with Gasteiger partial charge in [-0.15, -0.1) is 0 Å². The Balaban J connectivity index is 2.51. The summed E-state index contributed by atoms with van der Waals surface area (Å²) in [6.07, 6.45) is 2.81. The van der Waals surface area contributed by atoms with Gasteiger partial charge in [0.05, 0.1) is 11.8 Å². The fraction of sp³-hybridized carbons (Fsp3) is 0.778. The predicted octanol–water partition coefficient (Wildman–Crippen LogP) is 1.51. The van der Waals surface area contributed by atoms with Gasteiger partial charge in [0.2, 0.25) is 0 Å². The first kappa shape index (κ1) is 9.23. The third-order valence-corrected chi connectivity index (χ3v) is 2.35. The normalized spacial score (nSPS) is 29.2. The number of carbonyl (C=O) groups excluding carboxylic acids is 2. The van der Waals surface area contributed by atoms with Crippen molar-refractivity contribution in [3.8, 4) is 0 Å². The lowest BCUT2D eigenvalue weighted by Gasteiger charge is -2.06. The van der Waals surface area contributed by atoms with Gasteiger partial charge in [0.15, 0.2) is 0 Å². The molecule has 1 fully saturated rings. The summed E-state index contributed by atoms with van der Waals surface area (Å²) in [7, 11) is 0. The molecule has 68 valence electrons. The smallest absolute Gasteiger partial charge is 0.317 e. The Morgan fingerprint density at radius 3 is 2.42 bits per heavy atom.